The number of ether oxygens (including phenoxy) is 2. The van der Waals surface area contributed by atoms with Gasteiger partial charge in [0.1, 0.15) is 0 Å². The molecule has 0 radical (unpaired) electrons. The maximum Gasteiger partial charge on any atom is 0.0638 e. The highest BCUT2D eigenvalue weighted by Gasteiger charge is 2.07. The summed E-state index contributed by atoms with van der Waals surface area (Å²) in [6.45, 7) is 5.62. The first-order chi connectivity index (χ1) is 5.20. The Labute approximate surface area is 69.1 Å². The van der Waals surface area contributed by atoms with Crippen molar-refractivity contribution < 1.29 is 9.47 Å². The van der Waals surface area contributed by atoms with E-state index in [0.29, 0.717) is 25.3 Å². The first kappa shape index (κ1) is 10.9. The van der Waals surface area contributed by atoms with Gasteiger partial charge in [-0.15, -0.1) is 0 Å². The summed E-state index contributed by atoms with van der Waals surface area (Å²) in [5.74, 6) is 0. The Kier molecular flexibility index (Phi) is 6.51. The molecule has 68 valence electrons. The molecule has 0 fully saturated rings. The van der Waals surface area contributed by atoms with Crippen LogP contribution in [-0.4, -0.2) is 39.5 Å². The van der Waals surface area contributed by atoms with Gasteiger partial charge in [-0.3, -0.25) is 0 Å². The van der Waals surface area contributed by atoms with Crippen LogP contribution in [-0.2, 0) is 9.47 Å². The zero-order valence-electron chi connectivity index (χ0n) is 7.89. The van der Waals surface area contributed by atoms with Crippen molar-refractivity contribution in [3.8, 4) is 0 Å². The molecule has 11 heavy (non-hydrogen) atoms. The molecule has 0 bridgehead atoms. The Balaban J connectivity index is 3.50. The van der Waals surface area contributed by atoms with Gasteiger partial charge in [-0.1, -0.05) is 13.8 Å². The lowest BCUT2D eigenvalue weighted by Crippen LogP contribution is -2.41. The lowest BCUT2D eigenvalue weighted by molar-refractivity contribution is 0.0995. The third-order valence-corrected chi connectivity index (χ3v) is 1.30. The summed E-state index contributed by atoms with van der Waals surface area (Å²) in [5.41, 5.74) is 0. The molecule has 3 nitrogen and oxygen atoms in total. The van der Waals surface area contributed by atoms with Gasteiger partial charge in [-0.05, 0) is 0 Å². The molecule has 0 rings (SSSR count). The summed E-state index contributed by atoms with van der Waals surface area (Å²) < 4.78 is 10.0. The predicted octanol–water partition coefficient (Wildman–Crippen LogP) is 0.646. The van der Waals surface area contributed by atoms with Gasteiger partial charge >= 0.3 is 0 Å². The van der Waals surface area contributed by atoms with Gasteiger partial charge in [0.25, 0.3) is 0 Å². The van der Waals surface area contributed by atoms with Gasteiger partial charge in [-0.2, -0.15) is 0 Å². The predicted molar refractivity (Wildman–Crippen MR) is 45.8 cm³/mol. The van der Waals surface area contributed by atoms with Crippen LogP contribution in [0.2, 0.25) is 0 Å². The van der Waals surface area contributed by atoms with E-state index in [-0.39, 0.29) is 0 Å². The highest BCUT2D eigenvalue weighted by molar-refractivity contribution is 4.67. The summed E-state index contributed by atoms with van der Waals surface area (Å²) in [6, 6.07) is 0.787. The van der Waals surface area contributed by atoms with E-state index in [2.05, 4.69) is 19.2 Å². The van der Waals surface area contributed by atoms with E-state index in [4.69, 9.17) is 9.47 Å². The Morgan fingerprint density at radius 2 is 1.55 bits per heavy atom. The standard InChI is InChI=1S/C8H19NO2/c1-7(2)9-8(5-10-3)6-11-4/h7-9H,5-6H2,1-4H3. The molecule has 0 saturated carbocycles. The molecule has 0 spiro atoms. The van der Waals surface area contributed by atoms with Crippen LogP contribution in [0.4, 0.5) is 0 Å². The minimum atomic E-state index is 0.310. The van der Waals surface area contributed by atoms with Crippen LogP contribution in [0.15, 0.2) is 0 Å². The van der Waals surface area contributed by atoms with Crippen LogP contribution in [0.25, 0.3) is 0 Å². The zero-order chi connectivity index (χ0) is 8.69. The highest BCUT2D eigenvalue weighted by Crippen LogP contribution is 1.89. The molecule has 0 aromatic carbocycles. The van der Waals surface area contributed by atoms with E-state index in [1.807, 2.05) is 0 Å². The largest absolute Gasteiger partial charge is 0.383 e. The summed E-state index contributed by atoms with van der Waals surface area (Å²) >= 11 is 0. The molecular weight excluding hydrogens is 142 g/mol. The molecule has 0 amide bonds. The topological polar surface area (TPSA) is 30.5 Å². The Morgan fingerprint density at radius 1 is 1.09 bits per heavy atom. The van der Waals surface area contributed by atoms with Gasteiger partial charge in [0.15, 0.2) is 0 Å². The van der Waals surface area contributed by atoms with Gasteiger partial charge in [0.2, 0.25) is 0 Å². The summed E-state index contributed by atoms with van der Waals surface area (Å²) in [7, 11) is 3.40. The molecule has 0 heterocycles. The summed E-state index contributed by atoms with van der Waals surface area (Å²) in [6.07, 6.45) is 0. The third kappa shape index (κ3) is 6.28. The average molecular weight is 161 g/mol. The lowest BCUT2D eigenvalue weighted by Gasteiger charge is -2.19. The second-order valence-corrected chi connectivity index (χ2v) is 2.93. The second-order valence-electron chi connectivity index (χ2n) is 2.93. The van der Waals surface area contributed by atoms with Crippen LogP contribution >= 0.6 is 0 Å². The number of rotatable bonds is 6. The number of hydrogen-bond acceptors (Lipinski definition) is 3. The van der Waals surface area contributed by atoms with E-state index < -0.39 is 0 Å². The molecule has 1 N–H and O–H groups in total. The quantitative estimate of drug-likeness (QED) is 0.620. The minimum absolute atomic E-state index is 0.310. The van der Waals surface area contributed by atoms with Crippen molar-refractivity contribution >= 4 is 0 Å². The second kappa shape index (κ2) is 6.58. The summed E-state index contributed by atoms with van der Waals surface area (Å²) in [5, 5.41) is 3.33. The van der Waals surface area contributed by atoms with Gasteiger partial charge in [0.05, 0.1) is 19.3 Å². The smallest absolute Gasteiger partial charge is 0.0638 e. The molecule has 0 saturated heterocycles. The van der Waals surface area contributed by atoms with Crippen molar-refractivity contribution in [2.45, 2.75) is 25.9 Å². The molecule has 0 aliphatic rings. The molecule has 0 unspecified atom stereocenters. The minimum Gasteiger partial charge on any atom is -0.383 e. The van der Waals surface area contributed by atoms with E-state index in [1.165, 1.54) is 0 Å². The number of hydrogen-bond donors (Lipinski definition) is 1. The van der Waals surface area contributed by atoms with Crippen LogP contribution < -0.4 is 5.32 Å². The fourth-order valence-corrected chi connectivity index (χ4v) is 1.02. The maximum atomic E-state index is 5.01. The van der Waals surface area contributed by atoms with Crippen molar-refractivity contribution in [3.05, 3.63) is 0 Å². The number of nitrogens with one attached hydrogen (secondary N) is 1. The van der Waals surface area contributed by atoms with Crippen molar-refractivity contribution in [2.24, 2.45) is 0 Å². The third-order valence-electron chi connectivity index (χ3n) is 1.30. The van der Waals surface area contributed by atoms with Crippen LogP contribution in [0.1, 0.15) is 13.8 Å². The molecular formula is C8H19NO2. The van der Waals surface area contributed by atoms with Crippen molar-refractivity contribution in [2.75, 3.05) is 27.4 Å². The van der Waals surface area contributed by atoms with Crippen molar-refractivity contribution in [1.82, 2.24) is 5.32 Å². The average Bonchev–Trinajstić information content (AvgIpc) is 1.87. The fourth-order valence-electron chi connectivity index (χ4n) is 1.02. The Bertz CT molecular complexity index is 80.2. The maximum absolute atomic E-state index is 5.01. The number of methoxy groups -OCH3 is 2. The fraction of sp³-hybridized carbons (Fsp3) is 1.00. The monoisotopic (exact) mass is 161 g/mol. The van der Waals surface area contributed by atoms with Crippen molar-refractivity contribution in [1.29, 1.82) is 0 Å². The molecule has 0 aromatic heterocycles. The normalized spacial score (nSPS) is 11.5. The van der Waals surface area contributed by atoms with Gasteiger partial charge in [0, 0.05) is 20.3 Å². The first-order valence-electron chi connectivity index (χ1n) is 3.94. The molecule has 0 atom stereocenters. The Hall–Kier alpha value is -0.120. The van der Waals surface area contributed by atoms with Crippen LogP contribution in [0, 0.1) is 0 Å². The summed E-state index contributed by atoms with van der Waals surface area (Å²) in [4.78, 5) is 0. The first-order valence-corrected chi connectivity index (χ1v) is 3.94. The van der Waals surface area contributed by atoms with Gasteiger partial charge < -0.3 is 14.8 Å². The molecule has 0 aliphatic carbocycles. The Morgan fingerprint density at radius 3 is 1.82 bits per heavy atom. The van der Waals surface area contributed by atoms with E-state index >= 15 is 0 Å². The van der Waals surface area contributed by atoms with E-state index in [1.54, 1.807) is 14.2 Å². The van der Waals surface area contributed by atoms with Crippen LogP contribution in [0.5, 0.6) is 0 Å². The lowest BCUT2D eigenvalue weighted by atomic mass is 10.3. The van der Waals surface area contributed by atoms with Gasteiger partial charge in [-0.25, -0.2) is 0 Å². The van der Waals surface area contributed by atoms with Crippen molar-refractivity contribution in [3.63, 3.8) is 0 Å². The molecule has 0 aromatic rings. The SMILES string of the molecule is COCC(COC)NC(C)C. The van der Waals surface area contributed by atoms with E-state index in [9.17, 15) is 0 Å². The molecule has 3 heteroatoms. The molecule has 0 aliphatic heterocycles. The van der Waals surface area contributed by atoms with Crippen LogP contribution in [0.3, 0.4) is 0 Å². The van der Waals surface area contributed by atoms with E-state index in [0.717, 1.165) is 0 Å². The zero-order valence-corrected chi connectivity index (χ0v) is 7.89. The highest BCUT2D eigenvalue weighted by atomic mass is 16.5.